The standard InChI is InChI=1S/C19H32N2O3/c1-3-23-19(24-4-2)18-8-6-17(7-9-18)16-20-10-5-11-21-12-14-22-15-13-21/h6-9,19-20H,3-5,10-16H2,1-2H3. The molecule has 1 fully saturated rings. The zero-order valence-electron chi connectivity index (χ0n) is 15.1. The number of morpholine rings is 1. The number of hydrogen-bond acceptors (Lipinski definition) is 5. The minimum atomic E-state index is -0.254. The van der Waals surface area contributed by atoms with Crippen LogP contribution < -0.4 is 5.32 Å². The van der Waals surface area contributed by atoms with E-state index in [1.54, 1.807) is 0 Å². The Labute approximate surface area is 146 Å². The molecule has 1 heterocycles. The first-order chi connectivity index (χ1) is 11.8. The molecule has 1 aliphatic heterocycles. The molecule has 24 heavy (non-hydrogen) atoms. The van der Waals surface area contributed by atoms with Crippen molar-refractivity contribution >= 4 is 0 Å². The van der Waals surface area contributed by atoms with Gasteiger partial charge in [0.05, 0.1) is 13.2 Å². The normalized spacial score (nSPS) is 16.0. The lowest BCUT2D eigenvalue weighted by atomic mass is 10.1. The van der Waals surface area contributed by atoms with Gasteiger partial charge in [0.15, 0.2) is 6.29 Å². The van der Waals surface area contributed by atoms with Crippen molar-refractivity contribution in [3.05, 3.63) is 35.4 Å². The number of nitrogens with one attached hydrogen (secondary N) is 1. The Morgan fingerprint density at radius 3 is 2.38 bits per heavy atom. The van der Waals surface area contributed by atoms with E-state index in [0.29, 0.717) is 13.2 Å². The highest BCUT2D eigenvalue weighted by Crippen LogP contribution is 2.19. The molecule has 1 aliphatic rings. The molecule has 0 radical (unpaired) electrons. The van der Waals surface area contributed by atoms with E-state index in [-0.39, 0.29) is 6.29 Å². The maximum absolute atomic E-state index is 5.63. The minimum Gasteiger partial charge on any atom is -0.379 e. The fraction of sp³-hybridized carbons (Fsp3) is 0.684. The van der Waals surface area contributed by atoms with Crippen LogP contribution in [-0.4, -0.2) is 57.5 Å². The van der Waals surface area contributed by atoms with Crippen LogP contribution in [0, 0.1) is 0 Å². The van der Waals surface area contributed by atoms with E-state index < -0.39 is 0 Å². The zero-order valence-corrected chi connectivity index (χ0v) is 15.1. The number of rotatable bonds is 11. The van der Waals surface area contributed by atoms with E-state index in [1.165, 1.54) is 12.0 Å². The lowest BCUT2D eigenvalue weighted by Crippen LogP contribution is -2.37. The predicted octanol–water partition coefficient (Wildman–Crippen LogP) is 2.57. The van der Waals surface area contributed by atoms with Crippen LogP contribution >= 0.6 is 0 Å². The average molecular weight is 336 g/mol. The van der Waals surface area contributed by atoms with Crippen LogP contribution in [0.4, 0.5) is 0 Å². The van der Waals surface area contributed by atoms with Crippen molar-refractivity contribution in [1.29, 1.82) is 0 Å². The van der Waals surface area contributed by atoms with Crippen molar-refractivity contribution < 1.29 is 14.2 Å². The van der Waals surface area contributed by atoms with Crippen molar-refractivity contribution in [1.82, 2.24) is 10.2 Å². The summed E-state index contributed by atoms with van der Waals surface area (Å²) in [7, 11) is 0. The maximum atomic E-state index is 5.63. The summed E-state index contributed by atoms with van der Waals surface area (Å²) in [6.07, 6.45) is 0.921. The summed E-state index contributed by atoms with van der Waals surface area (Å²) in [6, 6.07) is 8.49. The third-order valence-corrected chi connectivity index (χ3v) is 4.15. The largest absolute Gasteiger partial charge is 0.379 e. The van der Waals surface area contributed by atoms with Crippen molar-refractivity contribution in [2.75, 3.05) is 52.6 Å². The van der Waals surface area contributed by atoms with Crippen LogP contribution in [0.15, 0.2) is 24.3 Å². The number of nitrogens with zero attached hydrogens (tertiary/aromatic N) is 1. The van der Waals surface area contributed by atoms with Crippen LogP contribution in [-0.2, 0) is 20.8 Å². The first-order valence-corrected chi connectivity index (χ1v) is 9.16. The van der Waals surface area contributed by atoms with Gasteiger partial charge in [0, 0.05) is 38.4 Å². The van der Waals surface area contributed by atoms with Crippen LogP contribution in [0.3, 0.4) is 0 Å². The molecular formula is C19H32N2O3. The molecule has 0 aliphatic carbocycles. The van der Waals surface area contributed by atoms with Gasteiger partial charge in [-0.25, -0.2) is 0 Å². The molecule has 136 valence electrons. The van der Waals surface area contributed by atoms with E-state index in [9.17, 15) is 0 Å². The molecule has 1 saturated heterocycles. The molecule has 1 aromatic carbocycles. The molecule has 0 unspecified atom stereocenters. The van der Waals surface area contributed by atoms with E-state index in [2.05, 4.69) is 34.5 Å². The fourth-order valence-electron chi connectivity index (χ4n) is 2.82. The topological polar surface area (TPSA) is 43.0 Å². The third-order valence-electron chi connectivity index (χ3n) is 4.15. The monoisotopic (exact) mass is 336 g/mol. The smallest absolute Gasteiger partial charge is 0.183 e. The first kappa shape index (κ1) is 19.3. The van der Waals surface area contributed by atoms with Crippen molar-refractivity contribution in [2.24, 2.45) is 0 Å². The maximum Gasteiger partial charge on any atom is 0.183 e. The molecule has 0 spiro atoms. The van der Waals surface area contributed by atoms with E-state index in [4.69, 9.17) is 14.2 Å². The molecule has 5 nitrogen and oxygen atoms in total. The van der Waals surface area contributed by atoms with Gasteiger partial charge in [0.2, 0.25) is 0 Å². The van der Waals surface area contributed by atoms with Gasteiger partial charge >= 0.3 is 0 Å². The van der Waals surface area contributed by atoms with Gasteiger partial charge in [-0.15, -0.1) is 0 Å². The molecule has 5 heteroatoms. The molecule has 0 aromatic heterocycles. The molecule has 0 saturated carbocycles. The second-order valence-corrected chi connectivity index (χ2v) is 5.97. The van der Waals surface area contributed by atoms with Crippen LogP contribution in [0.1, 0.15) is 37.7 Å². The Morgan fingerprint density at radius 1 is 1.08 bits per heavy atom. The van der Waals surface area contributed by atoms with Gasteiger partial charge in [-0.05, 0) is 38.9 Å². The zero-order chi connectivity index (χ0) is 17.0. The second-order valence-electron chi connectivity index (χ2n) is 5.97. The lowest BCUT2D eigenvalue weighted by Gasteiger charge is -2.26. The van der Waals surface area contributed by atoms with Gasteiger partial charge in [0.1, 0.15) is 0 Å². The van der Waals surface area contributed by atoms with Crippen molar-refractivity contribution in [3.63, 3.8) is 0 Å². The summed E-state index contributed by atoms with van der Waals surface area (Å²) in [5, 5.41) is 3.52. The first-order valence-electron chi connectivity index (χ1n) is 9.16. The van der Waals surface area contributed by atoms with Crippen LogP contribution in [0.5, 0.6) is 0 Å². The highest BCUT2D eigenvalue weighted by atomic mass is 16.7. The summed E-state index contributed by atoms with van der Waals surface area (Å²) in [6.45, 7) is 12.3. The van der Waals surface area contributed by atoms with Gasteiger partial charge in [-0.2, -0.15) is 0 Å². The predicted molar refractivity (Wildman–Crippen MR) is 96.0 cm³/mol. The Balaban J connectivity index is 1.65. The molecule has 2 rings (SSSR count). The summed E-state index contributed by atoms with van der Waals surface area (Å²) >= 11 is 0. The Bertz CT molecular complexity index is 427. The SMILES string of the molecule is CCOC(OCC)c1ccc(CNCCCN2CCOCC2)cc1. The summed E-state index contributed by atoms with van der Waals surface area (Å²) in [5.41, 5.74) is 2.37. The quantitative estimate of drug-likeness (QED) is 0.497. The van der Waals surface area contributed by atoms with E-state index >= 15 is 0 Å². The summed E-state index contributed by atoms with van der Waals surface area (Å²) < 4.78 is 16.6. The van der Waals surface area contributed by atoms with Gasteiger partial charge in [-0.1, -0.05) is 24.3 Å². The molecule has 0 amide bonds. The van der Waals surface area contributed by atoms with Crippen LogP contribution in [0.25, 0.3) is 0 Å². The highest BCUT2D eigenvalue weighted by molar-refractivity contribution is 5.23. The number of benzene rings is 1. The highest BCUT2D eigenvalue weighted by Gasteiger charge is 2.11. The third kappa shape index (κ3) is 6.87. The Morgan fingerprint density at radius 2 is 1.75 bits per heavy atom. The molecule has 0 bridgehead atoms. The van der Waals surface area contributed by atoms with Gasteiger partial charge < -0.3 is 19.5 Å². The molecule has 0 atom stereocenters. The average Bonchev–Trinajstić information content (AvgIpc) is 2.63. The fourth-order valence-corrected chi connectivity index (χ4v) is 2.82. The minimum absolute atomic E-state index is 0.254. The lowest BCUT2D eigenvalue weighted by molar-refractivity contribution is -0.140. The second kappa shape index (κ2) is 11.6. The summed E-state index contributed by atoms with van der Waals surface area (Å²) in [4.78, 5) is 2.47. The molecule has 1 aromatic rings. The number of ether oxygens (including phenoxy) is 3. The molecule has 1 N–H and O–H groups in total. The Kier molecular flexibility index (Phi) is 9.31. The van der Waals surface area contributed by atoms with E-state index in [1.807, 2.05) is 13.8 Å². The van der Waals surface area contributed by atoms with Gasteiger partial charge in [-0.3, -0.25) is 4.90 Å². The summed E-state index contributed by atoms with van der Waals surface area (Å²) in [5.74, 6) is 0. The Hall–Kier alpha value is -0.980. The van der Waals surface area contributed by atoms with Gasteiger partial charge in [0.25, 0.3) is 0 Å². The number of hydrogen-bond donors (Lipinski definition) is 1. The van der Waals surface area contributed by atoms with Crippen LogP contribution in [0.2, 0.25) is 0 Å². The van der Waals surface area contributed by atoms with E-state index in [0.717, 1.165) is 51.5 Å². The molecular weight excluding hydrogens is 304 g/mol. The van der Waals surface area contributed by atoms with Crippen molar-refractivity contribution in [2.45, 2.75) is 33.1 Å². The van der Waals surface area contributed by atoms with Crippen molar-refractivity contribution in [3.8, 4) is 0 Å².